The highest BCUT2D eigenvalue weighted by Gasteiger charge is 2.16. The standard InChI is InChI=1S/C9H16O4/c1-2-3-7-13-8(9(11)12)5-4-6-10/h6,8H,2-5,7H2,1H3,(H,11,12). The lowest BCUT2D eigenvalue weighted by Gasteiger charge is -2.11. The van der Waals surface area contributed by atoms with E-state index in [1.54, 1.807) is 0 Å². The first-order valence-corrected chi connectivity index (χ1v) is 4.50. The van der Waals surface area contributed by atoms with Crippen LogP contribution in [0.2, 0.25) is 0 Å². The van der Waals surface area contributed by atoms with Gasteiger partial charge in [-0.05, 0) is 12.8 Å². The third-order valence-corrected chi connectivity index (χ3v) is 1.64. The van der Waals surface area contributed by atoms with Gasteiger partial charge in [0.1, 0.15) is 6.29 Å². The quantitative estimate of drug-likeness (QED) is 0.459. The van der Waals surface area contributed by atoms with E-state index in [-0.39, 0.29) is 12.8 Å². The summed E-state index contributed by atoms with van der Waals surface area (Å²) < 4.78 is 5.09. The minimum absolute atomic E-state index is 0.239. The van der Waals surface area contributed by atoms with Crippen molar-refractivity contribution in [3.8, 4) is 0 Å². The van der Waals surface area contributed by atoms with Gasteiger partial charge in [0, 0.05) is 13.0 Å². The Balaban J connectivity index is 3.66. The van der Waals surface area contributed by atoms with Crippen LogP contribution in [0.1, 0.15) is 32.6 Å². The van der Waals surface area contributed by atoms with Gasteiger partial charge in [0.25, 0.3) is 0 Å². The smallest absolute Gasteiger partial charge is 0.332 e. The van der Waals surface area contributed by atoms with E-state index in [0.717, 1.165) is 12.8 Å². The van der Waals surface area contributed by atoms with Crippen molar-refractivity contribution in [2.75, 3.05) is 6.61 Å². The van der Waals surface area contributed by atoms with Crippen LogP contribution in [0.15, 0.2) is 0 Å². The third kappa shape index (κ3) is 6.28. The molecule has 1 atom stereocenters. The second kappa shape index (κ2) is 7.73. The zero-order valence-electron chi connectivity index (χ0n) is 7.86. The number of ether oxygens (including phenoxy) is 1. The van der Waals surface area contributed by atoms with Gasteiger partial charge < -0.3 is 14.6 Å². The normalized spacial score (nSPS) is 12.4. The van der Waals surface area contributed by atoms with Gasteiger partial charge in [0.15, 0.2) is 6.10 Å². The van der Waals surface area contributed by atoms with Crippen molar-refractivity contribution in [1.29, 1.82) is 0 Å². The lowest BCUT2D eigenvalue weighted by molar-refractivity contribution is -0.150. The molecule has 0 rings (SSSR count). The molecule has 0 aliphatic heterocycles. The fraction of sp³-hybridized carbons (Fsp3) is 0.778. The summed E-state index contributed by atoms with van der Waals surface area (Å²) in [5, 5.41) is 8.66. The van der Waals surface area contributed by atoms with Crippen LogP contribution < -0.4 is 0 Å². The predicted molar refractivity (Wildman–Crippen MR) is 47.6 cm³/mol. The maximum atomic E-state index is 10.6. The topological polar surface area (TPSA) is 63.6 Å². The van der Waals surface area contributed by atoms with Crippen LogP contribution in [0.25, 0.3) is 0 Å². The Morgan fingerprint density at radius 2 is 2.31 bits per heavy atom. The van der Waals surface area contributed by atoms with E-state index in [1.807, 2.05) is 6.92 Å². The summed E-state index contributed by atoms with van der Waals surface area (Å²) in [6.07, 6.45) is 2.21. The van der Waals surface area contributed by atoms with Crippen LogP contribution in [-0.2, 0) is 14.3 Å². The molecule has 0 saturated heterocycles. The molecule has 0 spiro atoms. The summed E-state index contributed by atoms with van der Waals surface area (Å²) in [4.78, 5) is 20.6. The fourth-order valence-electron chi connectivity index (χ4n) is 0.867. The summed E-state index contributed by atoms with van der Waals surface area (Å²) >= 11 is 0. The first-order chi connectivity index (χ1) is 6.22. The van der Waals surface area contributed by atoms with Gasteiger partial charge in [0.05, 0.1) is 0 Å². The van der Waals surface area contributed by atoms with E-state index in [9.17, 15) is 9.59 Å². The number of carbonyl (C=O) groups excluding carboxylic acids is 1. The predicted octanol–water partition coefficient (Wildman–Crippen LogP) is 1.24. The number of carboxylic acids is 1. The van der Waals surface area contributed by atoms with Crippen LogP contribution in [-0.4, -0.2) is 30.1 Å². The fourth-order valence-corrected chi connectivity index (χ4v) is 0.867. The second-order valence-electron chi connectivity index (χ2n) is 2.80. The molecule has 13 heavy (non-hydrogen) atoms. The van der Waals surface area contributed by atoms with Crippen LogP contribution >= 0.6 is 0 Å². The monoisotopic (exact) mass is 188 g/mol. The van der Waals surface area contributed by atoms with Crippen molar-refractivity contribution in [3.63, 3.8) is 0 Å². The Labute approximate surface area is 77.9 Å². The van der Waals surface area contributed by atoms with Gasteiger partial charge in [0.2, 0.25) is 0 Å². The van der Waals surface area contributed by atoms with Crippen molar-refractivity contribution in [2.24, 2.45) is 0 Å². The number of aliphatic carboxylic acids is 1. The molecule has 0 aliphatic rings. The largest absolute Gasteiger partial charge is 0.479 e. The molecule has 0 amide bonds. The number of hydrogen-bond donors (Lipinski definition) is 1. The molecular weight excluding hydrogens is 172 g/mol. The summed E-state index contributed by atoms with van der Waals surface area (Å²) in [5.74, 6) is -0.988. The molecule has 0 aromatic heterocycles. The number of carboxylic acid groups (broad SMARTS) is 1. The van der Waals surface area contributed by atoms with E-state index in [1.165, 1.54) is 0 Å². The minimum Gasteiger partial charge on any atom is -0.479 e. The molecule has 0 aliphatic carbocycles. The summed E-state index contributed by atoms with van der Waals surface area (Å²) in [6, 6.07) is 0. The van der Waals surface area contributed by atoms with E-state index < -0.39 is 12.1 Å². The first-order valence-electron chi connectivity index (χ1n) is 4.50. The maximum Gasteiger partial charge on any atom is 0.332 e. The van der Waals surface area contributed by atoms with Gasteiger partial charge in [-0.1, -0.05) is 13.3 Å². The van der Waals surface area contributed by atoms with Crippen molar-refractivity contribution in [3.05, 3.63) is 0 Å². The lowest BCUT2D eigenvalue weighted by Crippen LogP contribution is -2.24. The molecule has 1 unspecified atom stereocenters. The van der Waals surface area contributed by atoms with E-state index in [0.29, 0.717) is 12.9 Å². The van der Waals surface area contributed by atoms with Crippen LogP contribution in [0.4, 0.5) is 0 Å². The zero-order valence-corrected chi connectivity index (χ0v) is 7.86. The Hall–Kier alpha value is -0.900. The second-order valence-corrected chi connectivity index (χ2v) is 2.80. The minimum atomic E-state index is -0.988. The van der Waals surface area contributed by atoms with Crippen molar-refractivity contribution < 1.29 is 19.4 Å². The number of rotatable bonds is 8. The average molecular weight is 188 g/mol. The van der Waals surface area contributed by atoms with Crippen LogP contribution in [0.5, 0.6) is 0 Å². The Morgan fingerprint density at radius 1 is 1.62 bits per heavy atom. The van der Waals surface area contributed by atoms with E-state index >= 15 is 0 Å². The van der Waals surface area contributed by atoms with Crippen LogP contribution in [0.3, 0.4) is 0 Å². The van der Waals surface area contributed by atoms with E-state index in [2.05, 4.69) is 0 Å². The number of aldehydes is 1. The molecule has 1 N–H and O–H groups in total. The molecule has 0 aromatic rings. The molecule has 0 aromatic carbocycles. The molecule has 0 heterocycles. The van der Waals surface area contributed by atoms with Crippen molar-refractivity contribution >= 4 is 12.3 Å². The highest BCUT2D eigenvalue weighted by Crippen LogP contribution is 2.03. The highest BCUT2D eigenvalue weighted by atomic mass is 16.5. The lowest BCUT2D eigenvalue weighted by atomic mass is 10.2. The third-order valence-electron chi connectivity index (χ3n) is 1.64. The molecule has 4 heteroatoms. The number of carbonyl (C=O) groups is 2. The van der Waals surface area contributed by atoms with Gasteiger partial charge in [-0.2, -0.15) is 0 Å². The number of hydrogen-bond acceptors (Lipinski definition) is 3. The maximum absolute atomic E-state index is 10.6. The highest BCUT2D eigenvalue weighted by molar-refractivity contribution is 5.72. The SMILES string of the molecule is CCCCOC(CCC=O)C(=O)O. The van der Waals surface area contributed by atoms with Gasteiger partial charge in [-0.15, -0.1) is 0 Å². The molecule has 0 bridgehead atoms. The summed E-state index contributed by atoms with van der Waals surface area (Å²) in [6.45, 7) is 2.46. The Morgan fingerprint density at radius 3 is 2.77 bits per heavy atom. The Kier molecular flexibility index (Phi) is 7.20. The molecule has 0 fully saturated rings. The molecular formula is C9H16O4. The van der Waals surface area contributed by atoms with Crippen molar-refractivity contribution in [1.82, 2.24) is 0 Å². The van der Waals surface area contributed by atoms with E-state index in [4.69, 9.17) is 9.84 Å². The number of unbranched alkanes of at least 4 members (excludes halogenated alkanes) is 1. The molecule has 0 saturated carbocycles. The van der Waals surface area contributed by atoms with Crippen LogP contribution in [0, 0.1) is 0 Å². The first kappa shape index (κ1) is 12.1. The van der Waals surface area contributed by atoms with Gasteiger partial charge >= 0.3 is 5.97 Å². The van der Waals surface area contributed by atoms with Gasteiger partial charge in [-0.3, -0.25) is 0 Å². The van der Waals surface area contributed by atoms with Crippen molar-refractivity contribution in [2.45, 2.75) is 38.7 Å². The summed E-state index contributed by atoms with van der Waals surface area (Å²) in [5.41, 5.74) is 0. The zero-order chi connectivity index (χ0) is 10.1. The van der Waals surface area contributed by atoms with Gasteiger partial charge in [-0.25, -0.2) is 4.79 Å². The molecule has 76 valence electrons. The summed E-state index contributed by atoms with van der Waals surface area (Å²) in [7, 11) is 0. The average Bonchev–Trinajstić information content (AvgIpc) is 2.10. The molecule has 0 radical (unpaired) electrons. The Bertz CT molecular complexity index is 156. The molecule has 4 nitrogen and oxygen atoms in total.